The fraction of sp³-hybridized carbons (Fsp3) is 0.800. The minimum Gasteiger partial charge on any atom is -0.342 e. The van der Waals surface area contributed by atoms with Crippen LogP contribution in [0.4, 0.5) is 0 Å². The highest BCUT2D eigenvalue weighted by Gasteiger charge is 2.58. The van der Waals surface area contributed by atoms with Crippen molar-refractivity contribution in [2.75, 3.05) is 13.1 Å². The van der Waals surface area contributed by atoms with Crippen LogP contribution in [0.5, 0.6) is 0 Å². The van der Waals surface area contributed by atoms with Crippen molar-refractivity contribution in [2.45, 2.75) is 37.8 Å². The summed E-state index contributed by atoms with van der Waals surface area (Å²) in [6, 6.07) is 0. The minimum atomic E-state index is -0.810. The van der Waals surface area contributed by atoms with Crippen molar-refractivity contribution < 1.29 is 14.3 Å². The van der Waals surface area contributed by atoms with Gasteiger partial charge in [-0.3, -0.25) is 9.59 Å². The Hall–Kier alpha value is -1.14. The third-order valence-electron chi connectivity index (χ3n) is 3.74. The molecule has 3 unspecified atom stereocenters. The molecule has 3 aliphatic heterocycles. The van der Waals surface area contributed by atoms with Crippen LogP contribution in [-0.2, 0) is 14.3 Å². The molecule has 3 heterocycles. The van der Waals surface area contributed by atoms with Crippen molar-refractivity contribution in [1.82, 2.24) is 9.80 Å². The first-order chi connectivity index (χ1) is 7.54. The van der Waals surface area contributed by atoms with Crippen LogP contribution in [0.3, 0.4) is 0 Å². The summed E-state index contributed by atoms with van der Waals surface area (Å²) in [6.07, 6.45) is 0.618. The lowest BCUT2D eigenvalue weighted by Gasteiger charge is -2.46. The number of hydrogen-bond donors (Lipinski definition) is 1. The first-order valence-electron chi connectivity index (χ1n) is 5.59. The summed E-state index contributed by atoms with van der Waals surface area (Å²) in [6.45, 7) is 2.48. The number of carbonyl (C=O) groups excluding carboxylic acids is 2. The minimum absolute atomic E-state index is 0.0673. The van der Waals surface area contributed by atoms with Gasteiger partial charge in [0.15, 0.2) is 6.23 Å². The highest BCUT2D eigenvalue weighted by atomic mass is 16.5. The molecule has 0 aliphatic carbocycles. The Morgan fingerprint density at radius 2 is 2.25 bits per heavy atom. The van der Waals surface area contributed by atoms with Gasteiger partial charge in [0.25, 0.3) is 5.91 Å². The molecule has 6 heteroatoms. The molecular weight excluding hydrogens is 210 g/mol. The van der Waals surface area contributed by atoms with Gasteiger partial charge in [-0.2, -0.15) is 0 Å². The van der Waals surface area contributed by atoms with Gasteiger partial charge < -0.3 is 20.3 Å². The van der Waals surface area contributed by atoms with Crippen LogP contribution >= 0.6 is 0 Å². The van der Waals surface area contributed by atoms with E-state index in [4.69, 9.17) is 10.5 Å². The van der Waals surface area contributed by atoms with Gasteiger partial charge in [0.1, 0.15) is 18.3 Å². The summed E-state index contributed by atoms with van der Waals surface area (Å²) in [5.74, 6) is -0.197. The van der Waals surface area contributed by atoms with E-state index >= 15 is 0 Å². The van der Waals surface area contributed by atoms with Crippen LogP contribution in [-0.4, -0.2) is 52.7 Å². The zero-order valence-corrected chi connectivity index (χ0v) is 9.18. The Labute approximate surface area is 93.3 Å². The number of hydrogen-bond acceptors (Lipinski definition) is 4. The first-order valence-corrected chi connectivity index (χ1v) is 5.59. The summed E-state index contributed by atoms with van der Waals surface area (Å²) in [7, 11) is 0. The molecule has 3 rings (SSSR count). The van der Waals surface area contributed by atoms with E-state index in [1.54, 1.807) is 11.8 Å². The number of nitrogens with zero attached hydrogens (tertiary/aromatic N) is 2. The second kappa shape index (κ2) is 2.95. The molecular formula is C10H15N3O3. The van der Waals surface area contributed by atoms with Gasteiger partial charge in [0.2, 0.25) is 5.91 Å². The molecule has 6 nitrogen and oxygen atoms in total. The van der Waals surface area contributed by atoms with Gasteiger partial charge in [0.05, 0.1) is 0 Å². The van der Waals surface area contributed by atoms with E-state index in [1.165, 1.54) is 4.90 Å². The molecule has 0 saturated carbocycles. The van der Waals surface area contributed by atoms with Gasteiger partial charge in [-0.25, -0.2) is 0 Å². The Morgan fingerprint density at radius 1 is 1.50 bits per heavy atom. The summed E-state index contributed by atoms with van der Waals surface area (Å²) < 4.78 is 5.60. The normalized spacial score (nSPS) is 42.6. The van der Waals surface area contributed by atoms with Crippen molar-refractivity contribution in [3.63, 3.8) is 0 Å². The maximum Gasteiger partial charge on any atom is 0.254 e. The Bertz CT molecular complexity index is 372. The Morgan fingerprint density at radius 3 is 3.00 bits per heavy atom. The van der Waals surface area contributed by atoms with Gasteiger partial charge in [-0.1, -0.05) is 0 Å². The number of piperazine rings is 1. The quantitative estimate of drug-likeness (QED) is 0.565. The maximum atomic E-state index is 11.9. The topological polar surface area (TPSA) is 75.9 Å². The number of nitrogens with two attached hydrogens (primary N) is 1. The third-order valence-corrected chi connectivity index (χ3v) is 3.74. The molecule has 0 aromatic carbocycles. The van der Waals surface area contributed by atoms with Crippen LogP contribution in [0.1, 0.15) is 19.8 Å². The van der Waals surface area contributed by atoms with Crippen molar-refractivity contribution in [1.29, 1.82) is 0 Å². The van der Waals surface area contributed by atoms with Crippen LogP contribution in [0.25, 0.3) is 0 Å². The molecule has 0 spiro atoms. The SMILES string of the molecule is CC1OC2N(CC(=O)N3CCCC23N)C1=O. The summed E-state index contributed by atoms with van der Waals surface area (Å²) in [4.78, 5) is 26.8. The number of rotatable bonds is 0. The van der Waals surface area contributed by atoms with Crippen LogP contribution < -0.4 is 5.73 Å². The molecule has 3 saturated heterocycles. The van der Waals surface area contributed by atoms with E-state index in [0.717, 1.165) is 6.42 Å². The molecule has 16 heavy (non-hydrogen) atoms. The van der Waals surface area contributed by atoms with Crippen LogP contribution in [0.2, 0.25) is 0 Å². The van der Waals surface area contributed by atoms with Gasteiger partial charge in [-0.15, -0.1) is 0 Å². The number of carbonyl (C=O) groups is 2. The van der Waals surface area contributed by atoms with E-state index in [1.807, 2.05) is 0 Å². The average Bonchev–Trinajstić information content (AvgIpc) is 2.74. The molecule has 2 N–H and O–H groups in total. The molecule has 0 aromatic rings. The molecule has 0 aromatic heterocycles. The zero-order valence-electron chi connectivity index (χ0n) is 9.18. The van der Waals surface area contributed by atoms with E-state index in [-0.39, 0.29) is 18.4 Å². The fourth-order valence-electron chi connectivity index (χ4n) is 2.93. The number of ether oxygens (including phenoxy) is 1. The zero-order chi connectivity index (χ0) is 11.5. The number of fused-ring (bicyclic) bond motifs is 3. The van der Waals surface area contributed by atoms with E-state index in [2.05, 4.69) is 0 Å². The average molecular weight is 225 g/mol. The lowest BCUT2D eigenvalue weighted by molar-refractivity contribution is -0.167. The highest BCUT2D eigenvalue weighted by molar-refractivity contribution is 5.90. The van der Waals surface area contributed by atoms with Crippen molar-refractivity contribution in [3.8, 4) is 0 Å². The molecule has 0 bridgehead atoms. The molecule has 88 valence electrons. The van der Waals surface area contributed by atoms with Gasteiger partial charge in [-0.05, 0) is 19.8 Å². The summed E-state index contributed by atoms with van der Waals surface area (Å²) in [5, 5.41) is 0. The highest BCUT2D eigenvalue weighted by Crippen LogP contribution is 2.38. The Kier molecular flexibility index (Phi) is 1.85. The third kappa shape index (κ3) is 1.03. The first kappa shape index (κ1) is 10.0. The standard InChI is InChI=1S/C10H15N3O3/c1-6-8(15)12-5-7(14)13-4-2-3-10(13,11)9(12)16-6/h6,9H,2-5,11H2,1H3. The summed E-state index contributed by atoms with van der Waals surface area (Å²) in [5.41, 5.74) is 5.44. The molecule has 3 fully saturated rings. The van der Waals surface area contributed by atoms with Crippen molar-refractivity contribution in [2.24, 2.45) is 5.73 Å². The Balaban J connectivity index is 2.00. The van der Waals surface area contributed by atoms with Crippen LogP contribution in [0, 0.1) is 0 Å². The lowest BCUT2D eigenvalue weighted by Crippen LogP contribution is -2.71. The number of amides is 2. The maximum absolute atomic E-state index is 11.9. The van der Waals surface area contributed by atoms with Crippen LogP contribution in [0.15, 0.2) is 0 Å². The van der Waals surface area contributed by atoms with E-state index in [0.29, 0.717) is 13.0 Å². The van der Waals surface area contributed by atoms with E-state index in [9.17, 15) is 9.59 Å². The van der Waals surface area contributed by atoms with Gasteiger partial charge in [0, 0.05) is 6.54 Å². The largest absolute Gasteiger partial charge is 0.342 e. The summed E-state index contributed by atoms with van der Waals surface area (Å²) >= 11 is 0. The van der Waals surface area contributed by atoms with Gasteiger partial charge >= 0.3 is 0 Å². The molecule has 2 amide bonds. The van der Waals surface area contributed by atoms with Crippen molar-refractivity contribution >= 4 is 11.8 Å². The predicted molar refractivity (Wildman–Crippen MR) is 53.9 cm³/mol. The predicted octanol–water partition coefficient (Wildman–Crippen LogP) is -1.15. The smallest absolute Gasteiger partial charge is 0.254 e. The fourth-order valence-corrected chi connectivity index (χ4v) is 2.93. The second-order valence-corrected chi connectivity index (χ2v) is 4.74. The second-order valence-electron chi connectivity index (χ2n) is 4.74. The molecule has 3 aliphatic rings. The lowest BCUT2D eigenvalue weighted by atomic mass is 10.0. The monoisotopic (exact) mass is 225 g/mol. The molecule has 3 atom stereocenters. The van der Waals surface area contributed by atoms with E-state index < -0.39 is 18.0 Å². The van der Waals surface area contributed by atoms with Crippen molar-refractivity contribution in [3.05, 3.63) is 0 Å². The molecule has 0 radical (unpaired) electrons.